The number of carbonyl (C=O) groups is 1. The normalized spacial score (nSPS) is 33.5. The summed E-state index contributed by atoms with van der Waals surface area (Å²) in [6.07, 6.45) is 10.3. The van der Waals surface area contributed by atoms with Gasteiger partial charge in [0.1, 0.15) is 0 Å². The molecule has 1 amide bonds. The summed E-state index contributed by atoms with van der Waals surface area (Å²) in [5, 5.41) is 3.49. The lowest BCUT2D eigenvalue weighted by atomic mass is 9.67. The minimum atomic E-state index is -0.0500. The van der Waals surface area contributed by atoms with Gasteiger partial charge in [-0.3, -0.25) is 4.79 Å². The van der Waals surface area contributed by atoms with Gasteiger partial charge in [0.2, 0.25) is 5.91 Å². The Labute approximate surface area is 129 Å². The number of nitrogens with zero attached hydrogens (tertiary/aromatic N) is 1. The monoisotopic (exact) mass is 300 g/mol. The first-order valence-electron chi connectivity index (χ1n) is 8.19. The lowest BCUT2D eigenvalue weighted by Crippen LogP contribution is -2.49. The van der Waals surface area contributed by atoms with Crippen molar-refractivity contribution < 1.29 is 4.79 Å². The van der Waals surface area contributed by atoms with E-state index in [0.29, 0.717) is 11.8 Å². The second kappa shape index (κ2) is 6.65. The summed E-state index contributed by atoms with van der Waals surface area (Å²) in [7, 11) is 2.04. The van der Waals surface area contributed by atoms with Crippen molar-refractivity contribution >= 4 is 18.3 Å². The van der Waals surface area contributed by atoms with Crippen molar-refractivity contribution in [2.24, 2.45) is 17.3 Å². The largest absolute Gasteiger partial charge is 0.345 e. The van der Waals surface area contributed by atoms with Gasteiger partial charge in [-0.2, -0.15) is 0 Å². The summed E-state index contributed by atoms with van der Waals surface area (Å²) in [4.78, 5) is 15.0. The molecule has 1 N–H and O–H groups in total. The van der Waals surface area contributed by atoms with E-state index in [1.807, 2.05) is 7.05 Å². The summed E-state index contributed by atoms with van der Waals surface area (Å²) in [6.45, 7) is 2.97. The fraction of sp³-hybridized carbons (Fsp3) is 0.938. The highest BCUT2D eigenvalue weighted by Crippen LogP contribution is 2.45. The molecule has 1 heterocycles. The Kier molecular flexibility index (Phi) is 5.36. The molecule has 0 aromatic carbocycles. The molecule has 1 aliphatic heterocycles. The van der Waals surface area contributed by atoms with Crippen LogP contribution in [0.1, 0.15) is 51.4 Å². The summed E-state index contributed by atoms with van der Waals surface area (Å²) >= 11 is 0. The molecular formula is C16H29ClN2O. The van der Waals surface area contributed by atoms with Crippen LogP contribution in [0.25, 0.3) is 0 Å². The van der Waals surface area contributed by atoms with Gasteiger partial charge in [0.15, 0.2) is 0 Å². The number of carbonyl (C=O) groups excluding carboxylic acids is 1. The van der Waals surface area contributed by atoms with Crippen LogP contribution < -0.4 is 5.32 Å². The van der Waals surface area contributed by atoms with E-state index >= 15 is 0 Å². The Morgan fingerprint density at radius 2 is 1.90 bits per heavy atom. The van der Waals surface area contributed by atoms with Crippen LogP contribution in [0.3, 0.4) is 0 Å². The zero-order chi connectivity index (χ0) is 13.3. The van der Waals surface area contributed by atoms with E-state index in [1.54, 1.807) is 0 Å². The average Bonchev–Trinajstić information content (AvgIpc) is 3.06. The lowest BCUT2D eigenvalue weighted by Gasteiger charge is -2.40. The Morgan fingerprint density at radius 3 is 2.65 bits per heavy atom. The number of rotatable bonds is 3. The van der Waals surface area contributed by atoms with Crippen LogP contribution in [0.4, 0.5) is 0 Å². The minimum Gasteiger partial charge on any atom is -0.345 e. The zero-order valence-corrected chi connectivity index (χ0v) is 13.5. The van der Waals surface area contributed by atoms with E-state index in [-0.39, 0.29) is 17.8 Å². The van der Waals surface area contributed by atoms with E-state index < -0.39 is 0 Å². The number of amides is 1. The van der Waals surface area contributed by atoms with E-state index in [2.05, 4.69) is 10.2 Å². The molecule has 4 heteroatoms. The van der Waals surface area contributed by atoms with Crippen molar-refractivity contribution in [1.29, 1.82) is 0 Å². The van der Waals surface area contributed by atoms with Crippen molar-refractivity contribution in [3.8, 4) is 0 Å². The quantitative estimate of drug-likeness (QED) is 0.869. The van der Waals surface area contributed by atoms with Gasteiger partial charge in [-0.05, 0) is 44.1 Å². The molecule has 0 aromatic rings. The molecule has 0 unspecified atom stereocenters. The Hall–Kier alpha value is -0.280. The average molecular weight is 301 g/mol. The molecule has 1 saturated heterocycles. The molecule has 3 nitrogen and oxygen atoms in total. The number of fused-ring (bicyclic) bond motifs is 1. The van der Waals surface area contributed by atoms with Crippen LogP contribution in [-0.2, 0) is 4.79 Å². The first-order chi connectivity index (χ1) is 9.22. The second-order valence-electron chi connectivity index (χ2n) is 7.07. The fourth-order valence-electron chi connectivity index (χ4n) is 4.71. The topological polar surface area (TPSA) is 32.3 Å². The van der Waals surface area contributed by atoms with E-state index in [4.69, 9.17) is 0 Å². The van der Waals surface area contributed by atoms with Crippen molar-refractivity contribution in [3.63, 3.8) is 0 Å². The molecule has 0 aromatic heterocycles. The Bertz CT molecular complexity index is 343. The highest BCUT2D eigenvalue weighted by molar-refractivity contribution is 5.85. The predicted octanol–water partition coefficient (Wildman–Crippen LogP) is 2.84. The maximum atomic E-state index is 13.0. The van der Waals surface area contributed by atoms with Gasteiger partial charge < -0.3 is 10.2 Å². The molecule has 116 valence electrons. The molecule has 3 rings (SSSR count). The molecule has 2 aliphatic carbocycles. The summed E-state index contributed by atoms with van der Waals surface area (Å²) in [6, 6.07) is 0. The van der Waals surface area contributed by atoms with Gasteiger partial charge in [-0.15, -0.1) is 12.4 Å². The van der Waals surface area contributed by atoms with Gasteiger partial charge in [-0.1, -0.05) is 25.7 Å². The van der Waals surface area contributed by atoms with Crippen LogP contribution in [0, 0.1) is 17.3 Å². The van der Waals surface area contributed by atoms with Crippen LogP contribution in [0.2, 0.25) is 0 Å². The smallest absolute Gasteiger partial charge is 0.230 e. The van der Waals surface area contributed by atoms with Gasteiger partial charge in [0.25, 0.3) is 0 Å². The van der Waals surface area contributed by atoms with Crippen molar-refractivity contribution in [1.82, 2.24) is 10.2 Å². The summed E-state index contributed by atoms with van der Waals surface area (Å²) in [5.41, 5.74) is -0.0500. The van der Waals surface area contributed by atoms with Crippen LogP contribution in [0.15, 0.2) is 0 Å². The standard InChI is InChI=1S/C16H28N2O.ClH/c1-18(11-13-6-2-3-7-13)15(19)16-9-5-4-8-14(16)10-17-12-16;/h13-14,17H,2-12H2,1H3;1H/t14-,16+;/m0./s1. The molecule has 2 saturated carbocycles. The highest BCUT2D eigenvalue weighted by atomic mass is 35.5. The van der Waals surface area contributed by atoms with Gasteiger partial charge in [0.05, 0.1) is 5.41 Å². The predicted molar refractivity (Wildman–Crippen MR) is 84.1 cm³/mol. The van der Waals surface area contributed by atoms with Gasteiger partial charge in [0, 0.05) is 20.1 Å². The molecule has 20 heavy (non-hydrogen) atoms. The molecule has 0 spiro atoms. The Balaban J connectivity index is 0.00000147. The van der Waals surface area contributed by atoms with Crippen molar-refractivity contribution in [3.05, 3.63) is 0 Å². The highest BCUT2D eigenvalue weighted by Gasteiger charge is 2.50. The maximum Gasteiger partial charge on any atom is 0.230 e. The van der Waals surface area contributed by atoms with E-state index in [9.17, 15) is 4.79 Å². The maximum absolute atomic E-state index is 13.0. The zero-order valence-electron chi connectivity index (χ0n) is 12.7. The van der Waals surface area contributed by atoms with Crippen molar-refractivity contribution in [2.45, 2.75) is 51.4 Å². The molecule has 0 radical (unpaired) electrons. The van der Waals surface area contributed by atoms with Crippen LogP contribution in [0.5, 0.6) is 0 Å². The molecule has 3 aliphatic rings. The van der Waals surface area contributed by atoms with E-state index in [1.165, 1.54) is 44.9 Å². The first-order valence-corrected chi connectivity index (χ1v) is 8.19. The fourth-order valence-corrected chi connectivity index (χ4v) is 4.71. The summed E-state index contributed by atoms with van der Waals surface area (Å²) in [5.74, 6) is 1.80. The minimum absolute atomic E-state index is 0. The van der Waals surface area contributed by atoms with Crippen LogP contribution >= 0.6 is 12.4 Å². The molecular weight excluding hydrogens is 272 g/mol. The van der Waals surface area contributed by atoms with E-state index in [0.717, 1.165) is 32.0 Å². The second-order valence-corrected chi connectivity index (χ2v) is 7.07. The SMILES string of the molecule is CN(CC1CCCC1)C(=O)[C@@]12CCCC[C@H]1CNC2.Cl. The third-order valence-electron chi connectivity index (χ3n) is 5.82. The number of nitrogens with one attached hydrogen (secondary N) is 1. The number of halogens is 1. The van der Waals surface area contributed by atoms with Gasteiger partial charge in [-0.25, -0.2) is 0 Å². The Morgan fingerprint density at radius 1 is 1.20 bits per heavy atom. The van der Waals surface area contributed by atoms with Crippen LogP contribution in [-0.4, -0.2) is 37.5 Å². The number of hydrogen-bond donors (Lipinski definition) is 1. The van der Waals surface area contributed by atoms with Gasteiger partial charge >= 0.3 is 0 Å². The number of hydrogen-bond acceptors (Lipinski definition) is 2. The molecule has 3 fully saturated rings. The third-order valence-corrected chi connectivity index (χ3v) is 5.82. The molecule has 2 atom stereocenters. The summed E-state index contributed by atoms with van der Waals surface area (Å²) < 4.78 is 0. The van der Waals surface area contributed by atoms with Crippen molar-refractivity contribution in [2.75, 3.05) is 26.7 Å². The lowest BCUT2D eigenvalue weighted by molar-refractivity contribution is -0.144. The molecule has 0 bridgehead atoms. The first kappa shape index (κ1) is 16.1. The third kappa shape index (κ3) is 2.85.